The van der Waals surface area contributed by atoms with Crippen LogP contribution in [0.15, 0.2) is 87.0 Å². The summed E-state index contributed by atoms with van der Waals surface area (Å²) >= 11 is 0. The molecule has 0 amide bonds. The quantitative estimate of drug-likeness (QED) is 0.263. The average Bonchev–Trinajstić information content (AvgIpc) is 3.19. The standard InChI is InChI=1S/C42H62N2O10/c1-5-11-39-35-15-9-16-36(43-35)40(12-6-2)52-32-28-48-25-21-46-22-26-50-30-34-54-42(14-8-4)38-18-10-17-37(44-38)41(13-7-3)53-33-29-49-24-20-45-19-23-47-27-31-51-39/h5-10,15-18,39-42H,1-4,11-14,19-34H2/t39-,40+,41+,42-. The van der Waals surface area contributed by atoms with Crippen molar-refractivity contribution in [1.29, 1.82) is 0 Å². The molecule has 3 rings (SSSR count). The van der Waals surface area contributed by atoms with Crippen molar-refractivity contribution in [1.82, 2.24) is 9.97 Å². The molecule has 0 radical (unpaired) electrons. The van der Waals surface area contributed by atoms with Crippen LogP contribution in [0.2, 0.25) is 0 Å². The minimum atomic E-state index is -0.255. The molecular weight excluding hydrogens is 692 g/mol. The SMILES string of the molecule is C=CC[C@@H]1OCCOCCOCCOCCO[C@H](CC=C)c2cccc(n2)[C@H](CC=C)OCCOCCOCCOCCO[C@H](CC=C)c2cccc1n2. The van der Waals surface area contributed by atoms with Gasteiger partial charge in [-0.3, -0.25) is 9.97 Å². The Bertz CT molecular complexity index is 1110. The third-order valence-corrected chi connectivity index (χ3v) is 8.10. The van der Waals surface area contributed by atoms with Crippen molar-refractivity contribution in [3.8, 4) is 0 Å². The summed E-state index contributed by atoms with van der Waals surface area (Å²) in [7, 11) is 0. The molecule has 0 saturated heterocycles. The number of fused-ring (bicyclic) bond motifs is 4. The molecule has 12 heteroatoms. The fourth-order valence-electron chi connectivity index (χ4n) is 5.44. The lowest BCUT2D eigenvalue weighted by Gasteiger charge is -2.20. The molecule has 1 aliphatic heterocycles. The maximum atomic E-state index is 6.15. The highest BCUT2D eigenvalue weighted by Crippen LogP contribution is 2.26. The Balaban J connectivity index is 1.54. The van der Waals surface area contributed by atoms with Crippen molar-refractivity contribution >= 4 is 0 Å². The second kappa shape index (κ2) is 30.1. The van der Waals surface area contributed by atoms with Crippen LogP contribution in [0.3, 0.4) is 0 Å². The predicted octanol–water partition coefficient (Wildman–Crippen LogP) is 6.83. The number of ether oxygens (including phenoxy) is 10. The molecule has 2 aromatic rings. The maximum absolute atomic E-state index is 6.15. The van der Waals surface area contributed by atoms with Crippen LogP contribution in [-0.4, -0.2) is 116 Å². The van der Waals surface area contributed by atoms with E-state index in [4.69, 9.17) is 57.3 Å². The number of pyridine rings is 2. The van der Waals surface area contributed by atoms with E-state index in [-0.39, 0.29) is 24.4 Å². The van der Waals surface area contributed by atoms with Gasteiger partial charge >= 0.3 is 0 Å². The number of nitrogens with zero attached hydrogens (tertiary/aromatic N) is 2. The molecule has 0 saturated carbocycles. The zero-order chi connectivity index (χ0) is 38.3. The van der Waals surface area contributed by atoms with E-state index >= 15 is 0 Å². The first-order valence-corrected chi connectivity index (χ1v) is 19.0. The smallest absolute Gasteiger partial charge is 0.103 e. The van der Waals surface area contributed by atoms with Crippen LogP contribution in [0.5, 0.6) is 0 Å². The molecule has 300 valence electrons. The molecule has 0 N–H and O–H groups in total. The molecular formula is C42H62N2O10. The molecule has 12 nitrogen and oxygen atoms in total. The first-order chi connectivity index (χ1) is 26.7. The van der Waals surface area contributed by atoms with Gasteiger partial charge in [0, 0.05) is 0 Å². The molecule has 4 atom stereocenters. The van der Waals surface area contributed by atoms with E-state index in [0.29, 0.717) is 131 Å². The van der Waals surface area contributed by atoms with E-state index in [1.165, 1.54) is 0 Å². The first kappa shape index (κ1) is 45.3. The zero-order valence-electron chi connectivity index (χ0n) is 32.0. The lowest BCUT2D eigenvalue weighted by atomic mass is 10.1. The summed E-state index contributed by atoms with van der Waals surface area (Å²) in [5, 5.41) is 0. The fraction of sp³-hybridized carbons (Fsp3) is 0.571. The first-order valence-electron chi connectivity index (χ1n) is 19.0. The van der Waals surface area contributed by atoms with Crippen LogP contribution in [0, 0.1) is 0 Å². The van der Waals surface area contributed by atoms with Gasteiger partial charge < -0.3 is 47.4 Å². The van der Waals surface area contributed by atoms with Gasteiger partial charge in [-0.15, -0.1) is 26.3 Å². The molecule has 0 aromatic carbocycles. The van der Waals surface area contributed by atoms with Crippen molar-refractivity contribution in [2.75, 3.05) is 106 Å². The summed E-state index contributed by atoms with van der Waals surface area (Å²) in [4.78, 5) is 9.78. The number of hydrogen-bond donors (Lipinski definition) is 0. The molecule has 0 fully saturated rings. The van der Waals surface area contributed by atoms with Crippen molar-refractivity contribution in [3.63, 3.8) is 0 Å². The molecule has 54 heavy (non-hydrogen) atoms. The van der Waals surface area contributed by atoms with Crippen molar-refractivity contribution in [2.24, 2.45) is 0 Å². The Labute approximate surface area is 322 Å². The van der Waals surface area contributed by atoms with Gasteiger partial charge in [0.1, 0.15) is 24.4 Å². The molecule has 4 bridgehead atoms. The zero-order valence-corrected chi connectivity index (χ0v) is 32.0. The largest absolute Gasteiger partial charge is 0.377 e. The summed E-state index contributed by atoms with van der Waals surface area (Å²) in [5.74, 6) is 0. The van der Waals surface area contributed by atoms with Gasteiger partial charge in [0.15, 0.2) is 0 Å². The van der Waals surface area contributed by atoms with Gasteiger partial charge in [-0.1, -0.05) is 36.4 Å². The molecule has 2 aromatic heterocycles. The highest BCUT2D eigenvalue weighted by molar-refractivity contribution is 5.18. The summed E-state index contributed by atoms with van der Waals surface area (Å²) in [6, 6.07) is 11.8. The Morgan fingerprint density at radius 2 is 0.574 bits per heavy atom. The van der Waals surface area contributed by atoms with Crippen molar-refractivity contribution in [3.05, 3.63) is 110 Å². The summed E-state index contributed by atoms with van der Waals surface area (Å²) in [6.45, 7) is 22.6. The molecule has 0 aliphatic carbocycles. The Morgan fingerprint density at radius 1 is 0.370 bits per heavy atom. The summed E-state index contributed by atoms with van der Waals surface area (Å²) < 4.78 is 58.9. The fourth-order valence-corrected chi connectivity index (χ4v) is 5.44. The molecule has 3 heterocycles. The van der Waals surface area contributed by atoms with Crippen LogP contribution in [0.25, 0.3) is 0 Å². The third kappa shape index (κ3) is 18.9. The summed E-state index contributed by atoms with van der Waals surface area (Å²) in [5.41, 5.74) is 3.24. The Hall–Kier alpha value is -3.14. The van der Waals surface area contributed by atoms with E-state index in [1.807, 2.05) is 60.7 Å². The highest BCUT2D eigenvalue weighted by Gasteiger charge is 2.19. The van der Waals surface area contributed by atoms with Crippen molar-refractivity contribution < 1.29 is 47.4 Å². The van der Waals surface area contributed by atoms with Crippen LogP contribution >= 0.6 is 0 Å². The van der Waals surface area contributed by atoms with Crippen LogP contribution in [-0.2, 0) is 47.4 Å². The van der Waals surface area contributed by atoms with Gasteiger partial charge in [-0.2, -0.15) is 0 Å². The lowest BCUT2D eigenvalue weighted by Crippen LogP contribution is -2.17. The highest BCUT2D eigenvalue weighted by atomic mass is 16.6. The summed E-state index contributed by atoms with van der Waals surface area (Å²) in [6.07, 6.45) is 8.76. The Morgan fingerprint density at radius 3 is 0.778 bits per heavy atom. The van der Waals surface area contributed by atoms with E-state index in [1.54, 1.807) is 0 Å². The van der Waals surface area contributed by atoms with Crippen LogP contribution < -0.4 is 0 Å². The van der Waals surface area contributed by atoms with Crippen molar-refractivity contribution in [2.45, 2.75) is 50.1 Å². The van der Waals surface area contributed by atoms with E-state index < -0.39 is 0 Å². The molecule has 0 unspecified atom stereocenters. The number of aromatic nitrogens is 2. The number of hydrogen-bond acceptors (Lipinski definition) is 12. The molecule has 0 spiro atoms. The average molecular weight is 755 g/mol. The van der Waals surface area contributed by atoms with Gasteiger partial charge in [-0.25, -0.2) is 0 Å². The van der Waals surface area contributed by atoms with Gasteiger partial charge in [0.25, 0.3) is 0 Å². The van der Waals surface area contributed by atoms with Crippen LogP contribution in [0.4, 0.5) is 0 Å². The van der Waals surface area contributed by atoms with E-state index in [2.05, 4.69) is 26.3 Å². The van der Waals surface area contributed by atoms with Gasteiger partial charge in [0.2, 0.25) is 0 Å². The third-order valence-electron chi connectivity index (χ3n) is 8.10. The second-order valence-corrected chi connectivity index (χ2v) is 12.2. The monoisotopic (exact) mass is 754 g/mol. The van der Waals surface area contributed by atoms with Gasteiger partial charge in [-0.05, 0) is 49.9 Å². The minimum absolute atomic E-state index is 0.255. The second-order valence-electron chi connectivity index (χ2n) is 12.2. The van der Waals surface area contributed by atoms with Crippen LogP contribution in [0.1, 0.15) is 72.9 Å². The Kier molecular flexibility index (Phi) is 25.2. The topological polar surface area (TPSA) is 118 Å². The van der Waals surface area contributed by atoms with E-state index in [0.717, 1.165) is 22.8 Å². The van der Waals surface area contributed by atoms with Gasteiger partial charge in [0.05, 0.1) is 128 Å². The number of rotatable bonds is 8. The predicted molar refractivity (Wildman–Crippen MR) is 207 cm³/mol. The van der Waals surface area contributed by atoms with E-state index in [9.17, 15) is 0 Å². The molecule has 1 aliphatic rings. The minimum Gasteiger partial charge on any atom is -0.377 e. The lowest BCUT2D eigenvalue weighted by molar-refractivity contribution is -0.0321. The normalized spacial score (nSPS) is 23.7. The maximum Gasteiger partial charge on any atom is 0.103 e.